The lowest BCUT2D eigenvalue weighted by molar-refractivity contribution is -0.119. The van der Waals surface area contributed by atoms with Gasteiger partial charge in [-0.15, -0.1) is 0 Å². The van der Waals surface area contributed by atoms with E-state index in [1.54, 1.807) is 12.3 Å². The number of nitrogens with two attached hydrogens (primary N) is 1. The summed E-state index contributed by atoms with van der Waals surface area (Å²) in [6, 6.07) is 17.7. The summed E-state index contributed by atoms with van der Waals surface area (Å²) >= 11 is 3.37. The highest BCUT2D eigenvalue weighted by molar-refractivity contribution is 9.10. The van der Waals surface area contributed by atoms with E-state index in [9.17, 15) is 9.18 Å². The number of hydrogen-bond acceptors (Lipinski definition) is 3. The SMILES string of the molecule is Nc1cc(F)ccc1CC(=O)C(Cc1ccccc1)c1ccc(Br)cn1. The van der Waals surface area contributed by atoms with Crippen molar-refractivity contribution < 1.29 is 9.18 Å². The highest BCUT2D eigenvalue weighted by Gasteiger charge is 2.23. The topological polar surface area (TPSA) is 56.0 Å². The number of benzene rings is 2. The number of carbonyl (C=O) groups excluding carboxylic acids is 1. The first-order chi connectivity index (χ1) is 12.5. The number of nitrogens with zero attached hydrogens (tertiary/aromatic N) is 1. The van der Waals surface area contributed by atoms with Gasteiger partial charge < -0.3 is 5.73 Å². The second-order valence-electron chi connectivity index (χ2n) is 6.13. The summed E-state index contributed by atoms with van der Waals surface area (Å²) in [7, 11) is 0. The molecular formula is C21H18BrFN2O. The van der Waals surface area contributed by atoms with Gasteiger partial charge in [-0.25, -0.2) is 4.39 Å². The number of halogens is 2. The molecule has 2 N–H and O–H groups in total. The Hall–Kier alpha value is -2.53. The van der Waals surface area contributed by atoms with Crippen LogP contribution in [-0.2, 0) is 17.6 Å². The number of carbonyl (C=O) groups is 1. The van der Waals surface area contributed by atoms with Crippen LogP contribution >= 0.6 is 15.9 Å². The number of ketones is 1. The van der Waals surface area contributed by atoms with Crippen molar-refractivity contribution in [2.45, 2.75) is 18.8 Å². The number of aromatic nitrogens is 1. The number of anilines is 1. The molecule has 1 unspecified atom stereocenters. The zero-order valence-electron chi connectivity index (χ0n) is 14.0. The van der Waals surface area contributed by atoms with E-state index in [1.807, 2.05) is 42.5 Å². The van der Waals surface area contributed by atoms with E-state index in [1.165, 1.54) is 12.1 Å². The van der Waals surface area contributed by atoms with Gasteiger partial charge in [-0.3, -0.25) is 9.78 Å². The standard InChI is InChI=1S/C21H18BrFN2O/c22-16-7-9-20(25-13-16)18(10-14-4-2-1-3-5-14)21(26)11-15-6-8-17(23)12-19(15)24/h1-9,12-13,18H,10-11,24H2. The first-order valence-electron chi connectivity index (χ1n) is 8.25. The van der Waals surface area contributed by atoms with E-state index >= 15 is 0 Å². The number of rotatable bonds is 6. The second-order valence-corrected chi connectivity index (χ2v) is 7.05. The van der Waals surface area contributed by atoms with Crippen LogP contribution in [0.3, 0.4) is 0 Å². The smallest absolute Gasteiger partial charge is 0.146 e. The Bertz CT molecular complexity index is 898. The monoisotopic (exact) mass is 412 g/mol. The Morgan fingerprint density at radius 3 is 2.54 bits per heavy atom. The normalized spacial score (nSPS) is 11.9. The molecule has 3 nitrogen and oxygen atoms in total. The molecule has 1 aromatic heterocycles. The maximum atomic E-state index is 13.3. The number of nitrogen functional groups attached to an aromatic ring is 1. The third-order valence-electron chi connectivity index (χ3n) is 4.25. The minimum Gasteiger partial charge on any atom is -0.398 e. The van der Waals surface area contributed by atoms with E-state index in [4.69, 9.17) is 5.73 Å². The molecule has 132 valence electrons. The van der Waals surface area contributed by atoms with E-state index in [2.05, 4.69) is 20.9 Å². The van der Waals surface area contributed by atoms with Crippen molar-refractivity contribution in [1.82, 2.24) is 4.98 Å². The van der Waals surface area contributed by atoms with Crippen molar-refractivity contribution >= 4 is 27.4 Å². The molecule has 0 radical (unpaired) electrons. The Morgan fingerprint density at radius 2 is 1.88 bits per heavy atom. The summed E-state index contributed by atoms with van der Waals surface area (Å²) < 4.78 is 14.1. The van der Waals surface area contributed by atoms with Crippen LogP contribution in [0, 0.1) is 5.82 Å². The molecule has 0 aliphatic heterocycles. The Morgan fingerprint density at radius 1 is 1.12 bits per heavy atom. The van der Waals surface area contributed by atoms with Gasteiger partial charge in [0.15, 0.2) is 0 Å². The molecule has 0 aliphatic rings. The average molecular weight is 413 g/mol. The molecule has 5 heteroatoms. The van der Waals surface area contributed by atoms with Crippen molar-refractivity contribution in [3.8, 4) is 0 Å². The second kappa shape index (κ2) is 8.23. The maximum Gasteiger partial charge on any atom is 0.146 e. The van der Waals surface area contributed by atoms with Crippen LogP contribution in [0.25, 0.3) is 0 Å². The molecule has 1 heterocycles. The predicted molar refractivity (Wildman–Crippen MR) is 104 cm³/mol. The molecule has 0 aliphatic carbocycles. The Balaban J connectivity index is 1.88. The molecule has 0 amide bonds. The minimum atomic E-state index is -0.408. The van der Waals surface area contributed by atoms with E-state index in [0.29, 0.717) is 23.4 Å². The van der Waals surface area contributed by atoms with Gasteiger partial charge in [0, 0.05) is 22.8 Å². The average Bonchev–Trinajstić information content (AvgIpc) is 2.64. The van der Waals surface area contributed by atoms with Gasteiger partial charge in [-0.2, -0.15) is 0 Å². The van der Waals surface area contributed by atoms with Crippen LogP contribution in [0.1, 0.15) is 22.7 Å². The van der Waals surface area contributed by atoms with Crippen LogP contribution in [0.2, 0.25) is 0 Å². The molecule has 0 bridgehead atoms. The third kappa shape index (κ3) is 4.55. The highest BCUT2D eigenvalue weighted by Crippen LogP contribution is 2.25. The summed E-state index contributed by atoms with van der Waals surface area (Å²) in [5.74, 6) is -0.800. The van der Waals surface area contributed by atoms with Crippen LogP contribution in [0.5, 0.6) is 0 Å². The fourth-order valence-corrected chi connectivity index (χ4v) is 3.10. The van der Waals surface area contributed by atoms with Crippen molar-refractivity contribution in [3.05, 3.63) is 94.0 Å². The quantitative estimate of drug-likeness (QED) is 0.596. The lowest BCUT2D eigenvalue weighted by atomic mass is 9.88. The summed E-state index contributed by atoms with van der Waals surface area (Å²) in [5, 5.41) is 0. The van der Waals surface area contributed by atoms with Gasteiger partial charge in [0.05, 0.1) is 11.6 Å². The Kier molecular flexibility index (Phi) is 5.78. The third-order valence-corrected chi connectivity index (χ3v) is 4.72. The van der Waals surface area contributed by atoms with Crippen LogP contribution in [0.4, 0.5) is 10.1 Å². The largest absolute Gasteiger partial charge is 0.398 e. The first kappa shape index (κ1) is 18.3. The summed E-state index contributed by atoms with van der Waals surface area (Å²) in [4.78, 5) is 17.5. The first-order valence-corrected chi connectivity index (χ1v) is 9.04. The predicted octanol–water partition coefficient (Wildman–Crippen LogP) is 4.70. The fraction of sp³-hybridized carbons (Fsp3) is 0.143. The van der Waals surface area contributed by atoms with Crippen molar-refractivity contribution in [2.75, 3.05) is 5.73 Å². The van der Waals surface area contributed by atoms with Crippen LogP contribution in [-0.4, -0.2) is 10.8 Å². The zero-order chi connectivity index (χ0) is 18.5. The van der Waals surface area contributed by atoms with E-state index < -0.39 is 11.7 Å². The van der Waals surface area contributed by atoms with Gasteiger partial charge >= 0.3 is 0 Å². The highest BCUT2D eigenvalue weighted by atomic mass is 79.9. The summed E-state index contributed by atoms with van der Waals surface area (Å²) in [5.41, 5.74) is 8.56. The fourth-order valence-electron chi connectivity index (χ4n) is 2.86. The van der Waals surface area contributed by atoms with Gasteiger partial charge in [0.1, 0.15) is 11.6 Å². The number of hydrogen-bond donors (Lipinski definition) is 1. The molecular weight excluding hydrogens is 395 g/mol. The Labute approximate surface area is 160 Å². The van der Waals surface area contributed by atoms with Gasteiger partial charge in [0.25, 0.3) is 0 Å². The molecule has 2 aromatic carbocycles. The van der Waals surface area contributed by atoms with Crippen molar-refractivity contribution in [2.24, 2.45) is 0 Å². The number of Topliss-reactive ketones (excluding diaryl/α,β-unsaturated/α-hetero) is 1. The molecule has 3 rings (SSSR count). The summed E-state index contributed by atoms with van der Waals surface area (Å²) in [6.07, 6.45) is 2.38. The van der Waals surface area contributed by atoms with E-state index in [0.717, 1.165) is 10.0 Å². The van der Waals surface area contributed by atoms with Crippen molar-refractivity contribution in [3.63, 3.8) is 0 Å². The van der Waals surface area contributed by atoms with E-state index in [-0.39, 0.29) is 12.2 Å². The molecule has 0 fully saturated rings. The van der Waals surface area contributed by atoms with Crippen LogP contribution in [0.15, 0.2) is 71.3 Å². The van der Waals surface area contributed by atoms with Gasteiger partial charge in [0.2, 0.25) is 0 Å². The lowest BCUT2D eigenvalue weighted by Crippen LogP contribution is -2.19. The maximum absolute atomic E-state index is 13.3. The van der Waals surface area contributed by atoms with Gasteiger partial charge in [-0.1, -0.05) is 36.4 Å². The molecule has 1 atom stereocenters. The molecule has 0 saturated heterocycles. The lowest BCUT2D eigenvalue weighted by Gasteiger charge is -2.16. The molecule has 26 heavy (non-hydrogen) atoms. The summed E-state index contributed by atoms with van der Waals surface area (Å²) in [6.45, 7) is 0. The van der Waals surface area contributed by atoms with Gasteiger partial charge in [-0.05, 0) is 57.7 Å². The van der Waals surface area contributed by atoms with Crippen molar-refractivity contribution in [1.29, 1.82) is 0 Å². The molecule has 0 saturated carbocycles. The van der Waals surface area contributed by atoms with Crippen LogP contribution < -0.4 is 5.73 Å². The number of pyridine rings is 1. The minimum absolute atomic E-state index is 0.00184. The molecule has 3 aromatic rings. The zero-order valence-corrected chi connectivity index (χ0v) is 15.6. The molecule has 0 spiro atoms.